The lowest BCUT2D eigenvalue weighted by Crippen LogP contribution is -2.43. The minimum Gasteiger partial charge on any atom is -0.506 e. The van der Waals surface area contributed by atoms with Crippen molar-refractivity contribution in [2.75, 3.05) is 5.75 Å². The van der Waals surface area contributed by atoms with E-state index >= 15 is 0 Å². The number of hydrogen-bond donors (Lipinski definition) is 2. The molecule has 2 atom stereocenters. The molecule has 10 heteroatoms. The Morgan fingerprint density at radius 1 is 1.16 bits per heavy atom. The number of carbonyl (C=O) groups excluding carboxylic acids is 2. The summed E-state index contributed by atoms with van der Waals surface area (Å²) in [7, 11) is 0. The van der Waals surface area contributed by atoms with Crippen LogP contribution in [0.15, 0.2) is 61.2 Å². The minimum absolute atomic E-state index is 0.00182. The van der Waals surface area contributed by atoms with Crippen molar-refractivity contribution in [3.63, 3.8) is 0 Å². The van der Waals surface area contributed by atoms with E-state index in [0.717, 1.165) is 16.9 Å². The highest BCUT2D eigenvalue weighted by atomic mass is 79.9. The molecule has 0 aliphatic carbocycles. The van der Waals surface area contributed by atoms with Gasteiger partial charge in [0.25, 0.3) is 0 Å². The van der Waals surface area contributed by atoms with Gasteiger partial charge in [-0.2, -0.15) is 0 Å². The van der Waals surface area contributed by atoms with Gasteiger partial charge < -0.3 is 10.1 Å². The number of thiazole rings is 1. The molecule has 0 unspecified atom stereocenters. The number of halogens is 2. The summed E-state index contributed by atoms with van der Waals surface area (Å²) in [6.45, 7) is 0.196. The van der Waals surface area contributed by atoms with E-state index in [2.05, 4.69) is 36.8 Å². The monoisotopic (exact) mass is 594 g/mol. The third kappa shape index (κ3) is 3.48. The second kappa shape index (κ2) is 8.16. The fourth-order valence-electron chi connectivity index (χ4n) is 4.49. The quantitative estimate of drug-likeness (QED) is 0.423. The number of nitrogens with zero attached hydrogens (tertiary/aromatic N) is 1. The van der Waals surface area contributed by atoms with Gasteiger partial charge in [-0.15, -0.1) is 11.8 Å². The summed E-state index contributed by atoms with van der Waals surface area (Å²) in [6, 6.07) is 12.9. The molecule has 1 aromatic heterocycles. The average molecular weight is 596 g/mol. The first-order valence-corrected chi connectivity index (χ1v) is 13.1. The van der Waals surface area contributed by atoms with Gasteiger partial charge in [-0.05, 0) is 33.6 Å². The van der Waals surface area contributed by atoms with Gasteiger partial charge in [0.15, 0.2) is 0 Å². The second-order valence-corrected chi connectivity index (χ2v) is 11.6. The maximum absolute atomic E-state index is 13.9. The Morgan fingerprint density at radius 3 is 2.66 bits per heavy atom. The number of rotatable bonds is 3. The lowest BCUT2D eigenvalue weighted by molar-refractivity contribution is -0.142. The number of aromatic nitrogens is 1. The maximum Gasteiger partial charge on any atom is 0.305 e. The van der Waals surface area contributed by atoms with E-state index in [1.807, 2.05) is 30.3 Å². The third-order valence-electron chi connectivity index (χ3n) is 5.92. The Bertz CT molecular complexity index is 1310. The number of H-pyrrole nitrogens is 1. The van der Waals surface area contributed by atoms with Crippen LogP contribution >= 0.6 is 55.0 Å². The molecule has 2 aliphatic rings. The van der Waals surface area contributed by atoms with Crippen molar-refractivity contribution in [1.29, 1.82) is 0 Å². The topological polar surface area (TPSA) is 90.5 Å². The van der Waals surface area contributed by atoms with Crippen molar-refractivity contribution in [3.8, 4) is 5.75 Å². The summed E-state index contributed by atoms with van der Waals surface area (Å²) < 4.78 is 1.19. The molecule has 1 fully saturated rings. The molecule has 5 rings (SSSR count). The van der Waals surface area contributed by atoms with Gasteiger partial charge in [0, 0.05) is 33.0 Å². The molecular formula is C22H16Br2N2O4S2. The summed E-state index contributed by atoms with van der Waals surface area (Å²) in [5, 5.41) is 11.6. The third-order valence-corrected chi connectivity index (χ3v) is 9.33. The fourth-order valence-corrected chi connectivity index (χ4v) is 8.30. The van der Waals surface area contributed by atoms with Crippen LogP contribution in [0.5, 0.6) is 5.75 Å². The number of phenols is 1. The van der Waals surface area contributed by atoms with Gasteiger partial charge in [-0.3, -0.25) is 19.3 Å². The average Bonchev–Trinajstić information content (AvgIpc) is 3.24. The Hall–Kier alpha value is -1.88. The van der Waals surface area contributed by atoms with Crippen LogP contribution in [-0.4, -0.2) is 32.6 Å². The number of phenolic OH excluding ortho intramolecular Hbond substituents is 1. The zero-order chi connectivity index (χ0) is 22.6. The van der Waals surface area contributed by atoms with Gasteiger partial charge in [0.1, 0.15) is 5.75 Å². The maximum atomic E-state index is 13.9. The first-order valence-electron chi connectivity index (χ1n) is 9.72. The molecule has 1 spiro atoms. The standard InChI is InChI=1S/C22H16Br2N2O4S2/c23-12-6-13(17(28)14(24)7-12)16-18-19(25-21(30)32-18)31-10-22(16)8-15(27)26(20(22)29)9-11-4-2-1-3-5-11/h1-7,16,28H,8-10H2,(H,25,30)/t16-,22-/m0/s1. The lowest BCUT2D eigenvalue weighted by Gasteiger charge is -2.38. The van der Waals surface area contributed by atoms with Crippen LogP contribution in [0.3, 0.4) is 0 Å². The lowest BCUT2D eigenvalue weighted by atomic mass is 9.70. The smallest absolute Gasteiger partial charge is 0.305 e. The Balaban J connectivity index is 1.66. The molecule has 6 nitrogen and oxygen atoms in total. The van der Waals surface area contributed by atoms with Gasteiger partial charge in [-0.25, -0.2) is 0 Å². The highest BCUT2D eigenvalue weighted by molar-refractivity contribution is 9.11. The van der Waals surface area contributed by atoms with E-state index in [1.54, 1.807) is 12.1 Å². The summed E-state index contributed by atoms with van der Waals surface area (Å²) in [6.07, 6.45) is 0.0193. The van der Waals surface area contributed by atoms with Gasteiger partial charge in [-0.1, -0.05) is 57.6 Å². The molecule has 3 heterocycles. The number of amides is 2. The molecule has 32 heavy (non-hydrogen) atoms. The molecule has 2 aromatic carbocycles. The number of nitrogens with one attached hydrogen (secondary N) is 1. The SMILES string of the molecule is O=C1C[C@@]2(CSc3[nH]c(=O)sc3[C@@H]2c2cc(Br)cc(Br)c2O)C(=O)N1Cc1ccccc1. The van der Waals surface area contributed by atoms with Crippen molar-refractivity contribution in [3.05, 3.63) is 77.1 Å². The van der Waals surface area contributed by atoms with Gasteiger partial charge in [0.05, 0.1) is 21.5 Å². The van der Waals surface area contributed by atoms with Crippen molar-refractivity contribution < 1.29 is 14.7 Å². The number of carbonyl (C=O) groups is 2. The van der Waals surface area contributed by atoms with E-state index in [-0.39, 0.29) is 35.4 Å². The zero-order valence-electron chi connectivity index (χ0n) is 16.4. The van der Waals surface area contributed by atoms with E-state index in [1.165, 1.54) is 16.7 Å². The van der Waals surface area contributed by atoms with E-state index in [4.69, 9.17) is 0 Å². The Kier molecular flexibility index (Phi) is 5.59. The van der Waals surface area contributed by atoms with Crippen LogP contribution in [0.1, 0.15) is 28.3 Å². The highest BCUT2D eigenvalue weighted by Crippen LogP contribution is 2.59. The molecule has 2 amide bonds. The van der Waals surface area contributed by atoms with Crippen LogP contribution in [0.25, 0.3) is 0 Å². The molecule has 0 bridgehead atoms. The Labute approximate surface area is 208 Å². The number of fused-ring (bicyclic) bond motifs is 1. The molecule has 1 saturated heterocycles. The summed E-state index contributed by atoms with van der Waals surface area (Å²) in [4.78, 5) is 43.8. The van der Waals surface area contributed by atoms with Crippen LogP contribution < -0.4 is 4.87 Å². The molecule has 3 aromatic rings. The molecular weight excluding hydrogens is 580 g/mol. The summed E-state index contributed by atoms with van der Waals surface area (Å²) in [5.41, 5.74) is 0.281. The van der Waals surface area contributed by atoms with Gasteiger partial charge >= 0.3 is 4.87 Å². The number of aromatic hydroxyl groups is 1. The second-order valence-electron chi connectivity index (χ2n) is 7.86. The van der Waals surface area contributed by atoms with Crippen molar-refractivity contribution >= 4 is 66.8 Å². The fraction of sp³-hybridized carbons (Fsp3) is 0.227. The molecule has 164 valence electrons. The van der Waals surface area contributed by atoms with Crippen LogP contribution in [0.2, 0.25) is 0 Å². The van der Waals surface area contributed by atoms with Crippen LogP contribution in [0, 0.1) is 5.41 Å². The number of hydrogen-bond acceptors (Lipinski definition) is 6. The molecule has 0 saturated carbocycles. The van der Waals surface area contributed by atoms with Crippen LogP contribution in [-0.2, 0) is 16.1 Å². The number of thioether (sulfide) groups is 1. The molecule has 2 aliphatic heterocycles. The summed E-state index contributed by atoms with van der Waals surface area (Å²) in [5.74, 6) is -0.821. The predicted octanol–water partition coefficient (Wildman–Crippen LogP) is 4.85. The number of likely N-dealkylation sites (tertiary alicyclic amines) is 1. The number of imide groups is 1. The first kappa shape index (κ1) is 21.9. The van der Waals surface area contributed by atoms with Gasteiger partial charge in [0.2, 0.25) is 11.8 Å². The molecule has 2 N–H and O–H groups in total. The largest absolute Gasteiger partial charge is 0.506 e. The highest BCUT2D eigenvalue weighted by Gasteiger charge is 2.59. The first-order chi connectivity index (χ1) is 15.3. The van der Waals surface area contributed by atoms with E-state index in [9.17, 15) is 19.5 Å². The number of benzene rings is 2. The minimum atomic E-state index is -1.09. The summed E-state index contributed by atoms with van der Waals surface area (Å²) >= 11 is 9.25. The number of aromatic amines is 1. The normalized spacial score (nSPS) is 22.6. The predicted molar refractivity (Wildman–Crippen MR) is 130 cm³/mol. The van der Waals surface area contributed by atoms with Crippen molar-refractivity contribution in [2.45, 2.75) is 23.9 Å². The zero-order valence-corrected chi connectivity index (χ0v) is 21.2. The van der Waals surface area contributed by atoms with E-state index in [0.29, 0.717) is 30.2 Å². The van der Waals surface area contributed by atoms with E-state index < -0.39 is 11.3 Å². The Morgan fingerprint density at radius 2 is 1.91 bits per heavy atom. The van der Waals surface area contributed by atoms with Crippen molar-refractivity contribution in [2.24, 2.45) is 5.41 Å². The van der Waals surface area contributed by atoms with Crippen molar-refractivity contribution in [1.82, 2.24) is 9.88 Å². The molecule has 0 radical (unpaired) electrons. The van der Waals surface area contributed by atoms with Crippen LogP contribution in [0.4, 0.5) is 0 Å².